The van der Waals surface area contributed by atoms with E-state index < -0.39 is 0 Å². The van der Waals surface area contributed by atoms with Gasteiger partial charge in [0.1, 0.15) is 11.5 Å². The largest absolute Gasteiger partial charge is 0.497 e. The zero-order valence-corrected chi connectivity index (χ0v) is 15.2. The third-order valence-electron chi connectivity index (χ3n) is 4.22. The molecule has 2 unspecified atom stereocenters. The molecular formula is C19H19ClN2O4. The number of carbonyl (C=O) groups excluding carboxylic acids is 2. The molecule has 26 heavy (non-hydrogen) atoms. The predicted molar refractivity (Wildman–Crippen MR) is 99.9 cm³/mol. The summed E-state index contributed by atoms with van der Waals surface area (Å²) in [4.78, 5) is 24.6. The highest BCUT2D eigenvalue weighted by atomic mass is 35.5. The van der Waals surface area contributed by atoms with Crippen LogP contribution in [0.25, 0.3) is 0 Å². The van der Waals surface area contributed by atoms with E-state index in [2.05, 4.69) is 10.6 Å². The molecule has 3 rings (SSSR count). The number of ether oxygens (including phenoxy) is 2. The zero-order valence-electron chi connectivity index (χ0n) is 14.4. The van der Waals surface area contributed by atoms with Crippen molar-refractivity contribution in [3.63, 3.8) is 0 Å². The Morgan fingerprint density at radius 1 is 0.962 bits per heavy atom. The topological polar surface area (TPSA) is 76.7 Å². The summed E-state index contributed by atoms with van der Waals surface area (Å²) in [5.74, 6) is 0.135. The Kier molecular flexibility index (Phi) is 5.32. The SMILES string of the molecule is COc1cccc(NC(=O)C2CC2C(=O)Nc2ccc(OC)c(Cl)c2)c1. The van der Waals surface area contributed by atoms with Gasteiger partial charge in [0.15, 0.2) is 0 Å². The molecule has 0 heterocycles. The highest BCUT2D eigenvalue weighted by Gasteiger charge is 2.48. The number of hydrogen-bond donors (Lipinski definition) is 2. The maximum absolute atomic E-state index is 12.3. The average Bonchev–Trinajstić information content (AvgIpc) is 3.43. The Morgan fingerprint density at radius 3 is 2.19 bits per heavy atom. The summed E-state index contributed by atoms with van der Waals surface area (Å²) in [7, 11) is 3.09. The molecule has 0 aliphatic heterocycles. The second kappa shape index (κ2) is 7.66. The molecule has 1 aliphatic rings. The summed E-state index contributed by atoms with van der Waals surface area (Å²) in [5, 5.41) is 6.01. The van der Waals surface area contributed by atoms with Crippen LogP contribution in [0.1, 0.15) is 6.42 Å². The lowest BCUT2D eigenvalue weighted by molar-refractivity contribution is -0.122. The first-order valence-electron chi connectivity index (χ1n) is 8.11. The molecule has 2 aromatic rings. The van der Waals surface area contributed by atoms with Gasteiger partial charge in [-0.1, -0.05) is 17.7 Å². The summed E-state index contributed by atoms with van der Waals surface area (Å²) >= 11 is 6.05. The van der Waals surface area contributed by atoms with Crippen molar-refractivity contribution in [3.8, 4) is 11.5 Å². The monoisotopic (exact) mass is 374 g/mol. The van der Waals surface area contributed by atoms with Crippen molar-refractivity contribution < 1.29 is 19.1 Å². The number of methoxy groups -OCH3 is 2. The maximum atomic E-state index is 12.3. The van der Waals surface area contributed by atoms with Crippen LogP contribution in [0.15, 0.2) is 42.5 Å². The van der Waals surface area contributed by atoms with Crippen LogP contribution in [-0.4, -0.2) is 26.0 Å². The molecule has 1 aliphatic carbocycles. The van der Waals surface area contributed by atoms with E-state index in [4.69, 9.17) is 21.1 Å². The number of anilines is 2. The number of amides is 2. The van der Waals surface area contributed by atoms with Crippen LogP contribution in [0.2, 0.25) is 5.02 Å². The van der Waals surface area contributed by atoms with Crippen LogP contribution in [0.3, 0.4) is 0 Å². The van der Waals surface area contributed by atoms with E-state index >= 15 is 0 Å². The molecule has 1 fully saturated rings. The lowest BCUT2D eigenvalue weighted by Crippen LogP contribution is -2.20. The molecule has 0 radical (unpaired) electrons. The van der Waals surface area contributed by atoms with Gasteiger partial charge in [-0.05, 0) is 36.8 Å². The van der Waals surface area contributed by atoms with Gasteiger partial charge in [-0.3, -0.25) is 9.59 Å². The molecule has 0 saturated heterocycles. The number of rotatable bonds is 6. The fraction of sp³-hybridized carbons (Fsp3) is 0.263. The second-order valence-electron chi connectivity index (χ2n) is 6.01. The highest BCUT2D eigenvalue weighted by Crippen LogP contribution is 2.40. The van der Waals surface area contributed by atoms with Gasteiger partial charge < -0.3 is 20.1 Å². The highest BCUT2D eigenvalue weighted by molar-refractivity contribution is 6.32. The molecule has 2 N–H and O–H groups in total. The third kappa shape index (κ3) is 4.08. The van der Waals surface area contributed by atoms with Crippen LogP contribution in [0, 0.1) is 11.8 Å². The number of carbonyl (C=O) groups is 2. The van der Waals surface area contributed by atoms with Gasteiger partial charge in [0.2, 0.25) is 11.8 Å². The van der Waals surface area contributed by atoms with Crippen molar-refractivity contribution in [1.29, 1.82) is 0 Å². The molecular weight excluding hydrogens is 356 g/mol. The summed E-state index contributed by atoms with van der Waals surface area (Å²) in [6, 6.07) is 12.1. The summed E-state index contributed by atoms with van der Waals surface area (Å²) in [6.45, 7) is 0. The lowest BCUT2D eigenvalue weighted by atomic mass is 10.2. The number of hydrogen-bond acceptors (Lipinski definition) is 4. The van der Waals surface area contributed by atoms with Gasteiger partial charge in [-0.2, -0.15) is 0 Å². The normalized spacial score (nSPS) is 18.0. The molecule has 2 atom stereocenters. The lowest BCUT2D eigenvalue weighted by Gasteiger charge is -2.09. The second-order valence-corrected chi connectivity index (χ2v) is 6.42. The van der Waals surface area contributed by atoms with E-state index in [1.54, 1.807) is 49.6 Å². The quantitative estimate of drug-likeness (QED) is 0.810. The van der Waals surface area contributed by atoms with Gasteiger partial charge in [0.25, 0.3) is 0 Å². The maximum Gasteiger partial charge on any atom is 0.228 e. The van der Waals surface area contributed by atoms with E-state index in [1.807, 2.05) is 0 Å². The Morgan fingerprint density at radius 2 is 1.62 bits per heavy atom. The summed E-state index contributed by atoms with van der Waals surface area (Å²) in [6.07, 6.45) is 0.519. The first-order valence-corrected chi connectivity index (χ1v) is 8.49. The Hall–Kier alpha value is -2.73. The van der Waals surface area contributed by atoms with Crippen LogP contribution in [-0.2, 0) is 9.59 Å². The average molecular weight is 375 g/mol. The summed E-state index contributed by atoms with van der Waals surface area (Å²) < 4.78 is 10.2. The van der Waals surface area contributed by atoms with Gasteiger partial charge in [-0.15, -0.1) is 0 Å². The third-order valence-corrected chi connectivity index (χ3v) is 4.52. The van der Waals surface area contributed by atoms with E-state index in [0.29, 0.717) is 34.3 Å². The van der Waals surface area contributed by atoms with Crippen LogP contribution >= 0.6 is 11.6 Å². The van der Waals surface area contributed by atoms with Crippen LogP contribution < -0.4 is 20.1 Å². The molecule has 2 amide bonds. The molecule has 2 aromatic carbocycles. The van der Waals surface area contributed by atoms with Crippen molar-refractivity contribution in [1.82, 2.24) is 0 Å². The Bertz CT molecular complexity index is 840. The Labute approximate surface area is 156 Å². The van der Waals surface area contributed by atoms with Gasteiger partial charge in [0.05, 0.1) is 31.1 Å². The predicted octanol–water partition coefficient (Wildman–Crippen LogP) is 3.57. The fourth-order valence-corrected chi connectivity index (χ4v) is 2.95. The minimum absolute atomic E-state index is 0.175. The fourth-order valence-electron chi connectivity index (χ4n) is 2.69. The number of nitrogens with one attached hydrogen (secondary N) is 2. The molecule has 6 nitrogen and oxygen atoms in total. The van der Waals surface area contributed by atoms with Gasteiger partial charge >= 0.3 is 0 Å². The minimum atomic E-state index is -0.346. The van der Waals surface area contributed by atoms with Crippen LogP contribution in [0.4, 0.5) is 11.4 Å². The molecule has 0 bridgehead atoms. The van der Waals surface area contributed by atoms with Gasteiger partial charge in [0, 0.05) is 17.4 Å². The molecule has 7 heteroatoms. The van der Waals surface area contributed by atoms with Crippen molar-refractivity contribution in [3.05, 3.63) is 47.5 Å². The van der Waals surface area contributed by atoms with Crippen LogP contribution in [0.5, 0.6) is 11.5 Å². The smallest absolute Gasteiger partial charge is 0.228 e. The molecule has 136 valence electrons. The van der Waals surface area contributed by atoms with E-state index in [1.165, 1.54) is 7.11 Å². The first-order chi connectivity index (χ1) is 12.5. The molecule has 0 spiro atoms. The van der Waals surface area contributed by atoms with Crippen molar-refractivity contribution in [2.45, 2.75) is 6.42 Å². The number of benzene rings is 2. The molecule has 0 aromatic heterocycles. The minimum Gasteiger partial charge on any atom is -0.497 e. The number of halogens is 1. The molecule has 1 saturated carbocycles. The van der Waals surface area contributed by atoms with E-state index in [-0.39, 0.29) is 23.7 Å². The standard InChI is InChI=1S/C19H19ClN2O4/c1-25-13-5-3-4-11(8-13)21-18(23)14-10-15(14)19(24)22-12-6-7-17(26-2)16(20)9-12/h3-9,14-15H,10H2,1-2H3,(H,21,23)(H,22,24). The first kappa shape index (κ1) is 18.1. The zero-order chi connectivity index (χ0) is 18.7. The van der Waals surface area contributed by atoms with Crippen molar-refractivity contribution in [2.75, 3.05) is 24.9 Å². The van der Waals surface area contributed by atoms with Gasteiger partial charge in [-0.25, -0.2) is 0 Å². The van der Waals surface area contributed by atoms with Crippen molar-refractivity contribution in [2.24, 2.45) is 11.8 Å². The van der Waals surface area contributed by atoms with E-state index in [9.17, 15) is 9.59 Å². The van der Waals surface area contributed by atoms with Crippen molar-refractivity contribution >= 4 is 34.8 Å². The summed E-state index contributed by atoms with van der Waals surface area (Å²) in [5.41, 5.74) is 1.21. The Balaban J connectivity index is 1.56. The van der Waals surface area contributed by atoms with E-state index in [0.717, 1.165) is 0 Å².